The molecule has 0 saturated heterocycles. The first-order valence-electron chi connectivity index (χ1n) is 10.7. The summed E-state index contributed by atoms with van der Waals surface area (Å²) in [5.41, 5.74) is 3.14. The summed E-state index contributed by atoms with van der Waals surface area (Å²) in [5, 5.41) is 16.0. The maximum absolute atomic E-state index is 12.0. The quantitative estimate of drug-likeness (QED) is 0.247. The third-order valence-electron chi connectivity index (χ3n) is 5.36. The Morgan fingerprint density at radius 3 is 2.56 bits per heavy atom. The van der Waals surface area contributed by atoms with E-state index in [4.69, 9.17) is 4.74 Å². The fourth-order valence-electron chi connectivity index (χ4n) is 3.57. The highest BCUT2D eigenvalue weighted by Crippen LogP contribution is 2.28. The number of aromatic amines is 1. The predicted octanol–water partition coefficient (Wildman–Crippen LogP) is 3.66. The van der Waals surface area contributed by atoms with Crippen LogP contribution in [-0.2, 0) is 10.2 Å². The average Bonchev–Trinajstić information content (AvgIpc) is 3.16. The molecule has 8 nitrogen and oxygen atoms in total. The minimum atomic E-state index is -3.60. The molecule has 0 aliphatic rings. The van der Waals surface area contributed by atoms with Crippen molar-refractivity contribution in [3.05, 3.63) is 72.3 Å². The average molecular weight is 505 g/mol. The van der Waals surface area contributed by atoms with E-state index >= 15 is 0 Å². The van der Waals surface area contributed by atoms with Gasteiger partial charge >= 0.3 is 10.2 Å². The molecule has 4 rings (SSSR count). The van der Waals surface area contributed by atoms with E-state index in [1.54, 1.807) is 24.3 Å². The third kappa shape index (κ3) is 5.99. The van der Waals surface area contributed by atoms with E-state index in [0.29, 0.717) is 30.9 Å². The van der Waals surface area contributed by atoms with Crippen LogP contribution in [0.15, 0.2) is 66.7 Å². The number of aromatic nitrogens is 1. The molecule has 1 aromatic heterocycles. The van der Waals surface area contributed by atoms with Crippen molar-refractivity contribution in [2.24, 2.45) is 0 Å². The Balaban J connectivity index is 0.00000324. The van der Waals surface area contributed by atoms with Crippen molar-refractivity contribution < 1.29 is 18.3 Å². The minimum absolute atomic E-state index is 0. The molecule has 34 heavy (non-hydrogen) atoms. The summed E-state index contributed by atoms with van der Waals surface area (Å²) in [6, 6.07) is 20.9. The van der Waals surface area contributed by atoms with Gasteiger partial charge in [0.2, 0.25) is 0 Å². The number of H-pyrrole nitrogens is 1. The zero-order valence-electron chi connectivity index (χ0n) is 19.0. The van der Waals surface area contributed by atoms with Crippen molar-refractivity contribution in [1.82, 2.24) is 14.6 Å². The molecule has 0 bridgehead atoms. The minimum Gasteiger partial charge on any atom is -0.492 e. The van der Waals surface area contributed by atoms with Gasteiger partial charge < -0.3 is 20.1 Å². The number of hydrogen-bond acceptors (Lipinski definition) is 5. The zero-order chi connectivity index (χ0) is 23.4. The van der Waals surface area contributed by atoms with Crippen LogP contribution in [0.5, 0.6) is 5.75 Å². The number of para-hydroxylation sites is 1. The number of halogens is 1. The zero-order valence-corrected chi connectivity index (χ0v) is 20.6. The van der Waals surface area contributed by atoms with Crippen molar-refractivity contribution in [3.8, 4) is 5.75 Å². The van der Waals surface area contributed by atoms with Gasteiger partial charge in [-0.1, -0.05) is 30.3 Å². The molecule has 0 fully saturated rings. The van der Waals surface area contributed by atoms with E-state index in [0.717, 1.165) is 26.5 Å². The lowest BCUT2D eigenvalue weighted by molar-refractivity contribution is 0.172. The number of nitrogens with zero attached hydrogens (tertiary/aromatic N) is 1. The number of fused-ring (bicyclic) bond motifs is 3. The summed E-state index contributed by atoms with van der Waals surface area (Å²) in [6.45, 7) is 1.31. The first-order chi connectivity index (χ1) is 15.8. The number of aliphatic hydroxyl groups is 1. The summed E-state index contributed by atoms with van der Waals surface area (Å²) in [6.07, 6.45) is -0.781. The molecule has 0 saturated carbocycles. The lowest BCUT2D eigenvalue weighted by Crippen LogP contribution is -2.29. The van der Waals surface area contributed by atoms with Gasteiger partial charge in [0.1, 0.15) is 12.4 Å². The van der Waals surface area contributed by atoms with E-state index in [1.165, 1.54) is 19.5 Å². The monoisotopic (exact) mass is 504 g/mol. The van der Waals surface area contributed by atoms with Gasteiger partial charge in [0.25, 0.3) is 0 Å². The van der Waals surface area contributed by atoms with Gasteiger partial charge in [-0.3, -0.25) is 4.72 Å². The van der Waals surface area contributed by atoms with Gasteiger partial charge in [0, 0.05) is 49.5 Å². The standard InChI is InChI=1S/C24H28N4O4S.ClH/c1-28(2)33(30,31)27-18-7-5-6-17(14-18)24(29)16-25-12-13-32-19-10-11-21-20-8-3-4-9-22(20)26-23(21)15-19;/h3-11,14-15,24-27,29H,12-13,16H2,1-2H3;1H. The Bertz CT molecular complexity index is 1360. The van der Waals surface area contributed by atoms with Crippen LogP contribution in [0, 0.1) is 0 Å². The second kappa shape index (κ2) is 11.1. The molecule has 0 aliphatic heterocycles. The first-order valence-corrected chi connectivity index (χ1v) is 12.1. The van der Waals surface area contributed by atoms with Gasteiger partial charge in [-0.05, 0) is 35.9 Å². The Kier molecular flexibility index (Phi) is 8.40. The summed E-state index contributed by atoms with van der Waals surface area (Å²) >= 11 is 0. The van der Waals surface area contributed by atoms with Gasteiger partial charge in [0.15, 0.2) is 0 Å². The van der Waals surface area contributed by atoms with Crippen LogP contribution in [0.3, 0.4) is 0 Å². The summed E-state index contributed by atoms with van der Waals surface area (Å²) in [5.74, 6) is 0.775. The molecule has 182 valence electrons. The second-order valence-corrected chi connectivity index (χ2v) is 9.85. The number of hydrogen-bond donors (Lipinski definition) is 4. The lowest BCUT2D eigenvalue weighted by atomic mass is 10.1. The van der Waals surface area contributed by atoms with Crippen LogP contribution in [0.25, 0.3) is 21.8 Å². The van der Waals surface area contributed by atoms with Crippen molar-refractivity contribution in [2.75, 3.05) is 38.5 Å². The van der Waals surface area contributed by atoms with E-state index < -0.39 is 16.3 Å². The van der Waals surface area contributed by atoms with Crippen LogP contribution in [0.2, 0.25) is 0 Å². The lowest BCUT2D eigenvalue weighted by Gasteiger charge is -2.16. The van der Waals surface area contributed by atoms with Gasteiger partial charge in [-0.15, -0.1) is 12.4 Å². The number of aliphatic hydroxyl groups excluding tert-OH is 1. The highest BCUT2D eigenvalue weighted by molar-refractivity contribution is 7.90. The second-order valence-electron chi connectivity index (χ2n) is 7.96. The Morgan fingerprint density at radius 2 is 1.76 bits per heavy atom. The van der Waals surface area contributed by atoms with E-state index in [9.17, 15) is 13.5 Å². The van der Waals surface area contributed by atoms with Gasteiger partial charge in [-0.25, -0.2) is 0 Å². The summed E-state index contributed by atoms with van der Waals surface area (Å²) in [7, 11) is -0.699. The molecule has 4 aromatic rings. The summed E-state index contributed by atoms with van der Waals surface area (Å²) < 4.78 is 33.4. The van der Waals surface area contributed by atoms with Crippen LogP contribution in [0.4, 0.5) is 5.69 Å². The predicted molar refractivity (Wildman–Crippen MR) is 139 cm³/mol. The largest absolute Gasteiger partial charge is 0.492 e. The maximum atomic E-state index is 12.0. The molecule has 3 aromatic carbocycles. The normalized spacial score (nSPS) is 12.6. The number of nitrogens with one attached hydrogen (secondary N) is 3. The fraction of sp³-hybridized carbons (Fsp3) is 0.250. The van der Waals surface area contributed by atoms with Crippen LogP contribution >= 0.6 is 12.4 Å². The molecule has 0 aliphatic carbocycles. The van der Waals surface area contributed by atoms with Gasteiger partial charge in [-0.2, -0.15) is 12.7 Å². The molecule has 0 spiro atoms. The van der Waals surface area contributed by atoms with E-state index in [-0.39, 0.29) is 12.4 Å². The Labute approximate surface area is 205 Å². The molecule has 0 radical (unpaired) electrons. The van der Waals surface area contributed by atoms with Crippen molar-refractivity contribution in [2.45, 2.75) is 6.10 Å². The molecule has 4 N–H and O–H groups in total. The van der Waals surface area contributed by atoms with Crippen LogP contribution in [0.1, 0.15) is 11.7 Å². The number of rotatable bonds is 10. The van der Waals surface area contributed by atoms with Crippen molar-refractivity contribution >= 4 is 50.1 Å². The van der Waals surface area contributed by atoms with Crippen molar-refractivity contribution in [3.63, 3.8) is 0 Å². The van der Waals surface area contributed by atoms with Gasteiger partial charge in [0.05, 0.1) is 17.3 Å². The molecule has 1 atom stereocenters. The smallest absolute Gasteiger partial charge is 0.301 e. The number of anilines is 1. The molecule has 1 unspecified atom stereocenters. The molecular weight excluding hydrogens is 476 g/mol. The van der Waals surface area contributed by atoms with E-state index in [2.05, 4.69) is 33.2 Å². The third-order valence-corrected chi connectivity index (χ3v) is 6.82. The number of benzene rings is 3. The molecule has 10 heteroatoms. The number of ether oxygens (including phenoxy) is 1. The molecule has 0 amide bonds. The van der Waals surface area contributed by atoms with Crippen molar-refractivity contribution in [1.29, 1.82) is 0 Å². The Morgan fingerprint density at radius 1 is 1.00 bits per heavy atom. The van der Waals surface area contributed by atoms with Crippen LogP contribution < -0.4 is 14.8 Å². The topological polar surface area (TPSA) is 107 Å². The maximum Gasteiger partial charge on any atom is 0.301 e. The SMILES string of the molecule is CN(C)S(=O)(=O)Nc1cccc(C(O)CNCCOc2ccc3c(c2)[nH]c2ccccc23)c1.Cl. The Hall–Kier alpha value is -2.82. The highest BCUT2D eigenvalue weighted by Gasteiger charge is 2.14. The molecule has 1 heterocycles. The molecular formula is C24H29ClN4O4S. The summed E-state index contributed by atoms with van der Waals surface area (Å²) in [4.78, 5) is 3.40. The van der Waals surface area contributed by atoms with Crippen LogP contribution in [-0.4, -0.2) is 56.6 Å². The fourth-order valence-corrected chi connectivity index (χ4v) is 4.18. The van der Waals surface area contributed by atoms with E-state index in [1.807, 2.05) is 24.3 Å². The first kappa shape index (κ1) is 25.8. The highest BCUT2D eigenvalue weighted by atomic mass is 35.5.